The number of rotatable bonds is 2. The molecule has 0 aromatic carbocycles. The molecule has 98 valence electrons. The van der Waals surface area contributed by atoms with Gasteiger partial charge in [-0.15, -0.1) is 0 Å². The molecule has 0 aromatic rings. The lowest BCUT2D eigenvalue weighted by Gasteiger charge is -2.27. The first-order valence-electron chi connectivity index (χ1n) is 5.77. The molecule has 1 fully saturated rings. The van der Waals surface area contributed by atoms with Crippen LogP contribution in [0.5, 0.6) is 0 Å². The molecule has 1 saturated heterocycles. The van der Waals surface area contributed by atoms with Gasteiger partial charge in [-0.3, -0.25) is 9.69 Å². The fourth-order valence-corrected chi connectivity index (χ4v) is 1.88. The minimum atomic E-state index is -0.552. The van der Waals surface area contributed by atoms with E-state index in [9.17, 15) is 9.59 Å². The minimum Gasteiger partial charge on any atom is -0.444 e. The van der Waals surface area contributed by atoms with Crippen LogP contribution in [0.25, 0.3) is 0 Å². The summed E-state index contributed by atoms with van der Waals surface area (Å²) in [7, 11) is 1.58. The SMILES string of the molecule is CO[C@H]1C[C@@H](C(C)=O)N(C(=O)OC(C)(C)C)C1. The van der Waals surface area contributed by atoms with Gasteiger partial charge in [-0.25, -0.2) is 4.79 Å². The molecule has 0 saturated carbocycles. The number of carbonyl (C=O) groups is 2. The first-order valence-corrected chi connectivity index (χ1v) is 5.77. The number of likely N-dealkylation sites (tertiary alicyclic amines) is 1. The van der Waals surface area contributed by atoms with Gasteiger partial charge in [0.2, 0.25) is 0 Å². The highest BCUT2D eigenvalue weighted by Crippen LogP contribution is 2.23. The number of hydrogen-bond donors (Lipinski definition) is 0. The van der Waals surface area contributed by atoms with E-state index in [1.165, 1.54) is 11.8 Å². The van der Waals surface area contributed by atoms with Gasteiger partial charge in [0.25, 0.3) is 0 Å². The minimum absolute atomic E-state index is 0.0320. The van der Waals surface area contributed by atoms with Gasteiger partial charge in [0, 0.05) is 13.5 Å². The Morgan fingerprint density at radius 3 is 2.29 bits per heavy atom. The Balaban J connectivity index is 2.73. The van der Waals surface area contributed by atoms with Crippen LogP contribution in [0.4, 0.5) is 4.79 Å². The van der Waals surface area contributed by atoms with Crippen LogP contribution in [0, 0.1) is 0 Å². The average molecular weight is 243 g/mol. The van der Waals surface area contributed by atoms with E-state index in [-0.39, 0.29) is 11.9 Å². The quantitative estimate of drug-likeness (QED) is 0.739. The predicted octanol–water partition coefficient (Wildman–Crippen LogP) is 1.60. The Hall–Kier alpha value is -1.10. The maximum atomic E-state index is 11.9. The number of amides is 1. The topological polar surface area (TPSA) is 55.8 Å². The van der Waals surface area contributed by atoms with E-state index in [4.69, 9.17) is 9.47 Å². The second-order valence-corrected chi connectivity index (χ2v) is 5.35. The van der Waals surface area contributed by atoms with E-state index in [0.717, 1.165) is 0 Å². The van der Waals surface area contributed by atoms with Crippen LogP contribution >= 0.6 is 0 Å². The molecule has 1 heterocycles. The van der Waals surface area contributed by atoms with Crippen molar-refractivity contribution in [2.24, 2.45) is 0 Å². The summed E-state index contributed by atoms with van der Waals surface area (Å²) in [5, 5.41) is 0. The Morgan fingerprint density at radius 2 is 1.88 bits per heavy atom. The number of ketones is 1. The summed E-state index contributed by atoms with van der Waals surface area (Å²) < 4.78 is 10.5. The highest BCUT2D eigenvalue weighted by atomic mass is 16.6. The summed E-state index contributed by atoms with van der Waals surface area (Å²) >= 11 is 0. The monoisotopic (exact) mass is 243 g/mol. The normalized spacial score (nSPS) is 24.9. The van der Waals surface area contributed by atoms with Gasteiger partial charge in [0.15, 0.2) is 5.78 Å². The third-order valence-electron chi connectivity index (χ3n) is 2.69. The largest absolute Gasteiger partial charge is 0.444 e. The highest BCUT2D eigenvalue weighted by Gasteiger charge is 2.39. The van der Waals surface area contributed by atoms with Crippen molar-refractivity contribution < 1.29 is 19.1 Å². The number of Topliss-reactive ketones (excluding diaryl/α,β-unsaturated/α-hetero) is 1. The predicted molar refractivity (Wildman–Crippen MR) is 62.8 cm³/mol. The Kier molecular flexibility index (Phi) is 4.14. The molecule has 0 aromatic heterocycles. The Morgan fingerprint density at radius 1 is 1.29 bits per heavy atom. The molecule has 1 rings (SSSR count). The van der Waals surface area contributed by atoms with Gasteiger partial charge < -0.3 is 9.47 Å². The molecule has 0 bridgehead atoms. The lowest BCUT2D eigenvalue weighted by molar-refractivity contribution is -0.121. The van der Waals surface area contributed by atoms with E-state index in [1.807, 2.05) is 0 Å². The zero-order valence-corrected chi connectivity index (χ0v) is 11.1. The number of hydrogen-bond acceptors (Lipinski definition) is 4. The highest BCUT2D eigenvalue weighted by molar-refractivity contribution is 5.86. The molecule has 0 N–H and O–H groups in total. The van der Waals surface area contributed by atoms with Gasteiger partial charge in [-0.05, 0) is 27.7 Å². The lowest BCUT2D eigenvalue weighted by atomic mass is 10.1. The van der Waals surface area contributed by atoms with Crippen molar-refractivity contribution in [3.63, 3.8) is 0 Å². The van der Waals surface area contributed by atoms with Crippen molar-refractivity contribution in [2.45, 2.75) is 51.9 Å². The van der Waals surface area contributed by atoms with Gasteiger partial charge >= 0.3 is 6.09 Å². The maximum Gasteiger partial charge on any atom is 0.410 e. The van der Waals surface area contributed by atoms with Gasteiger partial charge in [0.1, 0.15) is 5.60 Å². The molecule has 0 aliphatic carbocycles. The standard InChI is InChI=1S/C12H21NO4/c1-8(14)10-6-9(16-5)7-13(10)11(15)17-12(2,3)4/h9-10H,6-7H2,1-5H3/t9-,10-/m0/s1. The van der Waals surface area contributed by atoms with Gasteiger partial charge in [-0.1, -0.05) is 0 Å². The van der Waals surface area contributed by atoms with E-state index in [0.29, 0.717) is 13.0 Å². The summed E-state index contributed by atoms with van der Waals surface area (Å²) in [5.41, 5.74) is -0.552. The molecule has 0 radical (unpaired) electrons. The third kappa shape index (κ3) is 3.70. The third-order valence-corrected chi connectivity index (χ3v) is 2.69. The molecule has 1 aliphatic rings. The average Bonchev–Trinajstić information content (AvgIpc) is 2.58. The van der Waals surface area contributed by atoms with E-state index >= 15 is 0 Å². The zero-order chi connectivity index (χ0) is 13.2. The molecular weight excluding hydrogens is 222 g/mol. The lowest BCUT2D eigenvalue weighted by Crippen LogP contribution is -2.42. The smallest absolute Gasteiger partial charge is 0.410 e. The van der Waals surface area contributed by atoms with Crippen molar-refractivity contribution in [1.29, 1.82) is 0 Å². The van der Waals surface area contributed by atoms with Crippen molar-refractivity contribution in [1.82, 2.24) is 4.90 Å². The van der Waals surface area contributed by atoms with Gasteiger partial charge in [0.05, 0.1) is 18.7 Å². The summed E-state index contributed by atoms with van der Waals surface area (Å²) in [6.45, 7) is 7.31. The van der Waals surface area contributed by atoms with Crippen molar-refractivity contribution in [2.75, 3.05) is 13.7 Å². The van der Waals surface area contributed by atoms with Crippen LogP contribution < -0.4 is 0 Å². The van der Waals surface area contributed by atoms with Crippen LogP contribution in [0.2, 0.25) is 0 Å². The van der Waals surface area contributed by atoms with Crippen molar-refractivity contribution in [3.8, 4) is 0 Å². The second-order valence-electron chi connectivity index (χ2n) is 5.35. The molecule has 1 aliphatic heterocycles. The van der Waals surface area contributed by atoms with Crippen LogP contribution in [-0.4, -0.2) is 48.2 Å². The molecule has 0 unspecified atom stereocenters. The summed E-state index contributed by atoms with van der Waals surface area (Å²) in [6.07, 6.45) is 0.0131. The van der Waals surface area contributed by atoms with E-state index in [2.05, 4.69) is 0 Å². The van der Waals surface area contributed by atoms with Gasteiger partial charge in [-0.2, -0.15) is 0 Å². The Labute approximate surface area is 102 Å². The maximum absolute atomic E-state index is 11.9. The molecule has 1 amide bonds. The fraction of sp³-hybridized carbons (Fsp3) is 0.833. The number of carbonyl (C=O) groups excluding carboxylic acids is 2. The van der Waals surface area contributed by atoms with Crippen LogP contribution in [0.3, 0.4) is 0 Å². The molecule has 17 heavy (non-hydrogen) atoms. The number of nitrogens with zero attached hydrogens (tertiary/aromatic N) is 1. The number of ether oxygens (including phenoxy) is 2. The summed E-state index contributed by atoms with van der Waals surface area (Å²) in [6, 6.07) is -0.421. The van der Waals surface area contributed by atoms with Crippen LogP contribution in [0.1, 0.15) is 34.1 Å². The first kappa shape index (κ1) is 14.0. The van der Waals surface area contributed by atoms with Crippen LogP contribution in [0.15, 0.2) is 0 Å². The summed E-state index contributed by atoms with van der Waals surface area (Å²) in [5.74, 6) is -0.0320. The zero-order valence-electron chi connectivity index (χ0n) is 11.1. The van der Waals surface area contributed by atoms with Crippen molar-refractivity contribution in [3.05, 3.63) is 0 Å². The Bertz CT molecular complexity index is 308. The number of methoxy groups -OCH3 is 1. The van der Waals surface area contributed by atoms with Crippen LogP contribution in [-0.2, 0) is 14.3 Å². The molecule has 2 atom stereocenters. The molecule has 5 heteroatoms. The second kappa shape index (κ2) is 5.04. The summed E-state index contributed by atoms with van der Waals surface area (Å²) in [4.78, 5) is 24.9. The van der Waals surface area contributed by atoms with E-state index in [1.54, 1.807) is 27.9 Å². The molecular formula is C12H21NO4. The molecule has 5 nitrogen and oxygen atoms in total. The molecule has 0 spiro atoms. The van der Waals surface area contributed by atoms with Crippen molar-refractivity contribution >= 4 is 11.9 Å². The fourth-order valence-electron chi connectivity index (χ4n) is 1.88. The first-order chi connectivity index (χ1) is 7.74. The van der Waals surface area contributed by atoms with E-state index < -0.39 is 17.7 Å².